The fourth-order valence-corrected chi connectivity index (χ4v) is 3.00. The van der Waals surface area contributed by atoms with E-state index < -0.39 is 0 Å². The molecule has 19 heavy (non-hydrogen) atoms. The molecular weight excluding hydrogens is 262 g/mol. The predicted molar refractivity (Wildman–Crippen MR) is 74.8 cm³/mol. The number of aromatic nitrogens is 3. The maximum atomic E-state index is 11.9. The van der Waals surface area contributed by atoms with Crippen molar-refractivity contribution >= 4 is 23.2 Å². The number of nitrogens with one attached hydrogen (secondary N) is 1. The van der Waals surface area contributed by atoms with Gasteiger partial charge in [0.1, 0.15) is 12.9 Å². The molecule has 3 N–H and O–H groups in total. The molecule has 0 saturated carbocycles. The van der Waals surface area contributed by atoms with Gasteiger partial charge in [0.25, 0.3) is 0 Å². The quantitative estimate of drug-likeness (QED) is 0.886. The number of hydrogen-bond donors (Lipinski definition) is 2. The summed E-state index contributed by atoms with van der Waals surface area (Å²) < 4.78 is 1.42. The number of rotatable bonds is 4. The van der Waals surface area contributed by atoms with Crippen molar-refractivity contribution < 1.29 is 4.79 Å². The van der Waals surface area contributed by atoms with Gasteiger partial charge in [0.2, 0.25) is 11.9 Å². The Morgan fingerprint density at radius 1 is 1.58 bits per heavy atom. The topological polar surface area (TPSA) is 85.8 Å². The van der Waals surface area contributed by atoms with Gasteiger partial charge in [0.15, 0.2) is 0 Å². The zero-order valence-electron chi connectivity index (χ0n) is 11.2. The van der Waals surface area contributed by atoms with Crippen LogP contribution in [0.3, 0.4) is 0 Å². The van der Waals surface area contributed by atoms with E-state index in [1.807, 2.05) is 6.92 Å². The van der Waals surface area contributed by atoms with E-state index in [1.165, 1.54) is 20.8 Å². The van der Waals surface area contributed by atoms with Crippen molar-refractivity contribution in [3.05, 3.63) is 27.7 Å². The number of carbonyl (C=O) groups excluding carboxylic acids is 1. The van der Waals surface area contributed by atoms with Gasteiger partial charge in [0, 0.05) is 9.75 Å². The highest BCUT2D eigenvalue weighted by Gasteiger charge is 2.14. The number of nitrogens with two attached hydrogens (primary N) is 1. The Labute approximate surface area is 115 Å². The normalized spacial score (nSPS) is 12.4. The van der Waals surface area contributed by atoms with Crippen LogP contribution in [0.5, 0.6) is 0 Å². The molecule has 2 aromatic rings. The molecule has 2 rings (SSSR count). The highest BCUT2D eigenvalue weighted by Crippen LogP contribution is 2.25. The fourth-order valence-electron chi connectivity index (χ4n) is 1.98. The molecule has 0 bridgehead atoms. The molecule has 2 aromatic heterocycles. The van der Waals surface area contributed by atoms with Crippen LogP contribution in [0.2, 0.25) is 0 Å². The third-order valence-corrected chi connectivity index (χ3v) is 3.76. The van der Waals surface area contributed by atoms with Crippen LogP contribution in [0.1, 0.15) is 28.3 Å². The van der Waals surface area contributed by atoms with Crippen LogP contribution in [0.15, 0.2) is 12.4 Å². The summed E-state index contributed by atoms with van der Waals surface area (Å²) in [5.41, 5.74) is 6.56. The monoisotopic (exact) mass is 279 g/mol. The van der Waals surface area contributed by atoms with Gasteiger partial charge in [-0.3, -0.25) is 4.79 Å². The zero-order valence-corrected chi connectivity index (χ0v) is 12.0. The number of thiophene rings is 1. The van der Waals surface area contributed by atoms with E-state index in [0.717, 1.165) is 5.56 Å². The number of nitrogen functional groups attached to an aromatic ring is 1. The van der Waals surface area contributed by atoms with Crippen LogP contribution in [-0.2, 0) is 11.3 Å². The van der Waals surface area contributed by atoms with E-state index in [0.29, 0.717) is 0 Å². The minimum absolute atomic E-state index is 0.0154. The molecule has 7 heteroatoms. The molecule has 0 saturated heterocycles. The maximum absolute atomic E-state index is 11.9. The average Bonchev–Trinajstić information content (AvgIpc) is 2.84. The molecule has 0 aliphatic carbocycles. The van der Waals surface area contributed by atoms with Gasteiger partial charge in [-0.1, -0.05) is 0 Å². The van der Waals surface area contributed by atoms with E-state index in [1.54, 1.807) is 11.3 Å². The summed E-state index contributed by atoms with van der Waals surface area (Å²) in [4.78, 5) is 18.1. The number of amides is 1. The van der Waals surface area contributed by atoms with E-state index >= 15 is 0 Å². The Kier molecular flexibility index (Phi) is 3.84. The third kappa shape index (κ3) is 3.31. The van der Waals surface area contributed by atoms with Gasteiger partial charge < -0.3 is 11.1 Å². The fraction of sp³-hybridized carbons (Fsp3) is 0.417. The third-order valence-electron chi connectivity index (χ3n) is 2.78. The van der Waals surface area contributed by atoms with Crippen molar-refractivity contribution in [3.8, 4) is 0 Å². The highest BCUT2D eigenvalue weighted by molar-refractivity contribution is 7.12. The van der Waals surface area contributed by atoms with Gasteiger partial charge in [-0.05, 0) is 32.4 Å². The van der Waals surface area contributed by atoms with Crippen LogP contribution in [-0.4, -0.2) is 20.7 Å². The number of carbonyl (C=O) groups is 1. The molecule has 2 heterocycles. The standard InChI is InChI=1S/C12H17N5OS/c1-7-4-10(9(3)19-7)8(2)15-11(18)5-17-6-14-12(13)16-17/h4,6,8H,5H2,1-3H3,(H2,13,16)(H,15,18). The number of anilines is 1. The summed E-state index contributed by atoms with van der Waals surface area (Å²) in [6.07, 6.45) is 1.44. The van der Waals surface area contributed by atoms with Gasteiger partial charge >= 0.3 is 0 Å². The van der Waals surface area contributed by atoms with Crippen molar-refractivity contribution in [3.63, 3.8) is 0 Å². The SMILES string of the molecule is Cc1cc(C(C)NC(=O)Cn2cnc(N)n2)c(C)s1. The lowest BCUT2D eigenvalue weighted by Crippen LogP contribution is -2.30. The molecule has 1 atom stereocenters. The van der Waals surface area contributed by atoms with Crippen LogP contribution in [0, 0.1) is 13.8 Å². The van der Waals surface area contributed by atoms with E-state index in [2.05, 4.69) is 35.3 Å². The molecule has 6 nitrogen and oxygen atoms in total. The smallest absolute Gasteiger partial charge is 0.242 e. The Balaban J connectivity index is 1.97. The van der Waals surface area contributed by atoms with Crippen molar-refractivity contribution in [1.82, 2.24) is 20.1 Å². The summed E-state index contributed by atoms with van der Waals surface area (Å²) in [5.74, 6) is 0.0609. The number of aryl methyl sites for hydroxylation is 2. The van der Waals surface area contributed by atoms with Crippen molar-refractivity contribution in [2.45, 2.75) is 33.4 Å². The second-order valence-corrected chi connectivity index (χ2v) is 5.92. The summed E-state index contributed by atoms with van der Waals surface area (Å²) in [6, 6.07) is 2.09. The number of hydrogen-bond acceptors (Lipinski definition) is 5. The summed E-state index contributed by atoms with van der Waals surface area (Å²) in [5, 5.41) is 6.82. The lowest BCUT2D eigenvalue weighted by molar-refractivity contribution is -0.122. The van der Waals surface area contributed by atoms with E-state index in [9.17, 15) is 4.79 Å². The minimum Gasteiger partial charge on any atom is -0.367 e. The molecule has 0 fully saturated rings. The molecule has 0 aliphatic heterocycles. The van der Waals surface area contributed by atoms with Gasteiger partial charge in [-0.15, -0.1) is 16.4 Å². The molecule has 0 aliphatic rings. The van der Waals surface area contributed by atoms with Gasteiger partial charge in [0.05, 0.1) is 6.04 Å². The van der Waals surface area contributed by atoms with Crippen LogP contribution in [0.4, 0.5) is 5.95 Å². The van der Waals surface area contributed by atoms with Gasteiger partial charge in [-0.2, -0.15) is 0 Å². The first-order chi connectivity index (χ1) is 8.95. The first-order valence-electron chi connectivity index (χ1n) is 5.97. The summed E-state index contributed by atoms with van der Waals surface area (Å²) >= 11 is 1.74. The van der Waals surface area contributed by atoms with Crippen LogP contribution in [0.25, 0.3) is 0 Å². The Bertz CT molecular complexity index is 589. The highest BCUT2D eigenvalue weighted by atomic mass is 32.1. The maximum Gasteiger partial charge on any atom is 0.242 e. The van der Waals surface area contributed by atoms with E-state index in [4.69, 9.17) is 5.73 Å². The molecule has 0 aromatic carbocycles. The minimum atomic E-state index is -0.111. The van der Waals surface area contributed by atoms with Crippen molar-refractivity contribution in [2.24, 2.45) is 0 Å². The lowest BCUT2D eigenvalue weighted by atomic mass is 10.1. The Morgan fingerprint density at radius 2 is 2.32 bits per heavy atom. The Morgan fingerprint density at radius 3 is 2.84 bits per heavy atom. The van der Waals surface area contributed by atoms with Gasteiger partial charge in [-0.25, -0.2) is 9.67 Å². The Hall–Kier alpha value is -1.89. The summed E-state index contributed by atoms with van der Waals surface area (Å²) in [7, 11) is 0. The van der Waals surface area contributed by atoms with E-state index in [-0.39, 0.29) is 24.4 Å². The molecule has 1 unspecified atom stereocenters. The first kappa shape index (κ1) is 13.5. The van der Waals surface area contributed by atoms with Crippen LogP contribution < -0.4 is 11.1 Å². The molecule has 1 amide bonds. The molecule has 102 valence electrons. The summed E-state index contributed by atoms with van der Waals surface area (Å²) in [6.45, 7) is 6.22. The molecular formula is C12H17N5OS. The van der Waals surface area contributed by atoms with Crippen LogP contribution >= 0.6 is 11.3 Å². The second kappa shape index (κ2) is 5.40. The second-order valence-electron chi connectivity index (χ2n) is 4.46. The molecule has 0 spiro atoms. The average molecular weight is 279 g/mol. The predicted octanol–water partition coefficient (Wildman–Crippen LogP) is 1.42. The zero-order chi connectivity index (χ0) is 14.0. The molecule has 0 radical (unpaired) electrons. The first-order valence-corrected chi connectivity index (χ1v) is 6.78. The van der Waals surface area contributed by atoms with Crippen molar-refractivity contribution in [1.29, 1.82) is 0 Å². The van der Waals surface area contributed by atoms with Crippen molar-refractivity contribution in [2.75, 3.05) is 5.73 Å². The lowest BCUT2D eigenvalue weighted by Gasteiger charge is -2.13. The number of nitrogens with zero attached hydrogens (tertiary/aromatic N) is 3. The largest absolute Gasteiger partial charge is 0.367 e.